The van der Waals surface area contributed by atoms with Gasteiger partial charge in [-0.3, -0.25) is 9.36 Å². The summed E-state index contributed by atoms with van der Waals surface area (Å²) >= 11 is 0. The van der Waals surface area contributed by atoms with Gasteiger partial charge in [-0.05, 0) is 38.0 Å². The molecule has 0 bridgehead atoms. The van der Waals surface area contributed by atoms with Gasteiger partial charge < -0.3 is 14.6 Å². The molecular weight excluding hydrogens is 318 g/mol. The number of nitrogens with zero attached hydrogens (tertiary/aromatic N) is 2. The molecule has 6 heteroatoms. The van der Waals surface area contributed by atoms with Crippen molar-refractivity contribution in [3.8, 4) is 0 Å². The zero-order chi connectivity index (χ0) is 17.8. The number of benzene rings is 1. The molecule has 1 aromatic heterocycles. The standard InChI is InChI=1S/C19H27N3O3/c1-3-25-12-11-22-17-10-9-14(13-16(17)20-19(22)24)18(23)21(2)15-7-5-4-6-8-15/h9-10,13,15H,3-8,11-12H2,1-2H3,(H,20,24). The Morgan fingerprint density at radius 1 is 1.32 bits per heavy atom. The molecule has 3 rings (SSSR count). The van der Waals surface area contributed by atoms with E-state index in [9.17, 15) is 9.59 Å². The SMILES string of the molecule is CCOCCn1c(=O)[nH]c2cc(C(=O)N(C)C3CCCCC3)ccc21. The fourth-order valence-electron chi connectivity index (χ4n) is 3.66. The number of H-pyrrole nitrogens is 1. The number of fused-ring (bicyclic) bond motifs is 1. The number of ether oxygens (including phenoxy) is 1. The molecule has 1 aromatic carbocycles. The molecule has 1 fully saturated rings. The monoisotopic (exact) mass is 345 g/mol. The Labute approximate surface area is 147 Å². The quantitative estimate of drug-likeness (QED) is 0.819. The number of nitrogens with one attached hydrogen (secondary N) is 1. The summed E-state index contributed by atoms with van der Waals surface area (Å²) in [7, 11) is 1.89. The summed E-state index contributed by atoms with van der Waals surface area (Å²) in [6.07, 6.45) is 5.81. The van der Waals surface area contributed by atoms with Crippen LogP contribution in [0.5, 0.6) is 0 Å². The number of rotatable bonds is 6. The van der Waals surface area contributed by atoms with E-state index in [2.05, 4.69) is 4.98 Å². The minimum atomic E-state index is -0.167. The molecule has 1 amide bonds. The van der Waals surface area contributed by atoms with Crippen LogP contribution in [0.3, 0.4) is 0 Å². The van der Waals surface area contributed by atoms with Gasteiger partial charge in [0.15, 0.2) is 0 Å². The molecule has 25 heavy (non-hydrogen) atoms. The van der Waals surface area contributed by atoms with Crippen LogP contribution in [0.25, 0.3) is 11.0 Å². The van der Waals surface area contributed by atoms with Gasteiger partial charge >= 0.3 is 5.69 Å². The second-order valence-electron chi connectivity index (χ2n) is 6.72. The van der Waals surface area contributed by atoms with Crippen LogP contribution in [-0.4, -0.2) is 46.7 Å². The normalized spacial score (nSPS) is 15.6. The van der Waals surface area contributed by atoms with E-state index < -0.39 is 0 Å². The highest BCUT2D eigenvalue weighted by Gasteiger charge is 2.23. The van der Waals surface area contributed by atoms with Crippen LogP contribution in [0.15, 0.2) is 23.0 Å². The third-order valence-corrected chi connectivity index (χ3v) is 5.13. The number of amides is 1. The maximum atomic E-state index is 12.8. The van der Waals surface area contributed by atoms with Gasteiger partial charge in [-0.15, -0.1) is 0 Å². The number of aromatic amines is 1. The summed E-state index contributed by atoms with van der Waals surface area (Å²) in [5, 5.41) is 0. The van der Waals surface area contributed by atoms with Crippen LogP contribution in [0.1, 0.15) is 49.4 Å². The van der Waals surface area contributed by atoms with Crippen molar-refractivity contribution in [1.82, 2.24) is 14.5 Å². The predicted octanol–water partition coefficient (Wildman–Crippen LogP) is 2.77. The lowest BCUT2D eigenvalue weighted by atomic mass is 9.94. The second kappa shape index (κ2) is 7.87. The Morgan fingerprint density at radius 2 is 2.08 bits per heavy atom. The van der Waals surface area contributed by atoms with Crippen molar-refractivity contribution in [3.63, 3.8) is 0 Å². The first-order valence-corrected chi connectivity index (χ1v) is 9.19. The molecule has 1 aliphatic carbocycles. The first-order valence-electron chi connectivity index (χ1n) is 9.19. The van der Waals surface area contributed by atoms with Crippen LogP contribution in [0, 0.1) is 0 Å². The molecule has 1 saturated carbocycles. The van der Waals surface area contributed by atoms with Crippen LogP contribution >= 0.6 is 0 Å². The average molecular weight is 345 g/mol. The summed E-state index contributed by atoms with van der Waals surface area (Å²) < 4.78 is 6.99. The van der Waals surface area contributed by atoms with E-state index in [1.165, 1.54) is 19.3 Å². The average Bonchev–Trinajstić information content (AvgIpc) is 2.96. The molecule has 1 aliphatic rings. The molecule has 2 aromatic rings. The summed E-state index contributed by atoms with van der Waals surface area (Å²) in [6, 6.07) is 5.78. The van der Waals surface area contributed by atoms with Crippen molar-refractivity contribution in [2.75, 3.05) is 20.3 Å². The third kappa shape index (κ3) is 3.79. The lowest BCUT2D eigenvalue weighted by molar-refractivity contribution is 0.0696. The van der Waals surface area contributed by atoms with Gasteiger partial charge in [-0.2, -0.15) is 0 Å². The van der Waals surface area contributed by atoms with Crippen molar-refractivity contribution in [2.45, 2.75) is 51.6 Å². The number of hydrogen-bond acceptors (Lipinski definition) is 3. The smallest absolute Gasteiger partial charge is 0.326 e. The van der Waals surface area contributed by atoms with Gasteiger partial charge in [0.05, 0.1) is 24.2 Å². The minimum absolute atomic E-state index is 0.0247. The fraction of sp³-hybridized carbons (Fsp3) is 0.579. The molecule has 0 unspecified atom stereocenters. The van der Waals surface area contributed by atoms with E-state index in [0.717, 1.165) is 18.4 Å². The van der Waals surface area contributed by atoms with Crippen molar-refractivity contribution < 1.29 is 9.53 Å². The largest absolute Gasteiger partial charge is 0.380 e. The lowest BCUT2D eigenvalue weighted by Gasteiger charge is -2.31. The summed E-state index contributed by atoms with van der Waals surface area (Å²) in [5.41, 5.74) is 1.96. The van der Waals surface area contributed by atoms with Crippen LogP contribution < -0.4 is 5.69 Å². The first kappa shape index (κ1) is 17.7. The summed E-state index contributed by atoms with van der Waals surface area (Å²) in [5.74, 6) is 0.0247. The van der Waals surface area contributed by atoms with Crippen LogP contribution in [0.2, 0.25) is 0 Å². The maximum Gasteiger partial charge on any atom is 0.326 e. The fourth-order valence-corrected chi connectivity index (χ4v) is 3.66. The Balaban J connectivity index is 1.81. The Morgan fingerprint density at radius 3 is 2.80 bits per heavy atom. The Bertz CT molecular complexity index is 787. The summed E-state index contributed by atoms with van der Waals surface area (Å²) in [4.78, 5) is 29.7. The lowest BCUT2D eigenvalue weighted by Crippen LogP contribution is -2.38. The predicted molar refractivity (Wildman–Crippen MR) is 98.0 cm³/mol. The maximum absolute atomic E-state index is 12.8. The van der Waals surface area contributed by atoms with Crippen LogP contribution in [-0.2, 0) is 11.3 Å². The zero-order valence-electron chi connectivity index (χ0n) is 15.1. The second-order valence-corrected chi connectivity index (χ2v) is 6.72. The molecule has 1 heterocycles. The van der Waals surface area contributed by atoms with E-state index in [1.807, 2.05) is 31.0 Å². The minimum Gasteiger partial charge on any atom is -0.380 e. The van der Waals surface area contributed by atoms with Gasteiger partial charge in [-0.25, -0.2) is 4.79 Å². The van der Waals surface area contributed by atoms with Gasteiger partial charge in [0.25, 0.3) is 5.91 Å². The third-order valence-electron chi connectivity index (χ3n) is 5.13. The summed E-state index contributed by atoms with van der Waals surface area (Å²) in [6.45, 7) is 3.55. The highest BCUT2D eigenvalue weighted by Crippen LogP contribution is 2.23. The van der Waals surface area contributed by atoms with E-state index >= 15 is 0 Å². The molecule has 0 saturated heterocycles. The molecule has 1 N–H and O–H groups in total. The van der Waals surface area contributed by atoms with Crippen molar-refractivity contribution in [2.24, 2.45) is 0 Å². The van der Waals surface area contributed by atoms with Crippen molar-refractivity contribution in [3.05, 3.63) is 34.2 Å². The van der Waals surface area contributed by atoms with Crippen molar-refractivity contribution >= 4 is 16.9 Å². The van der Waals surface area contributed by atoms with Crippen LogP contribution in [0.4, 0.5) is 0 Å². The van der Waals surface area contributed by atoms with Gasteiger partial charge in [0.2, 0.25) is 0 Å². The number of hydrogen-bond donors (Lipinski definition) is 1. The molecule has 0 aliphatic heterocycles. The molecule has 6 nitrogen and oxygen atoms in total. The Kier molecular flexibility index (Phi) is 5.58. The van der Waals surface area contributed by atoms with E-state index in [-0.39, 0.29) is 11.6 Å². The topological polar surface area (TPSA) is 67.3 Å². The molecule has 0 spiro atoms. The highest BCUT2D eigenvalue weighted by molar-refractivity contribution is 5.97. The van der Waals surface area contributed by atoms with Crippen molar-refractivity contribution in [1.29, 1.82) is 0 Å². The zero-order valence-corrected chi connectivity index (χ0v) is 15.1. The molecule has 136 valence electrons. The molecular formula is C19H27N3O3. The number of imidazole rings is 1. The first-order chi connectivity index (χ1) is 12.1. The number of carbonyl (C=O) groups is 1. The highest BCUT2D eigenvalue weighted by atomic mass is 16.5. The van der Waals surface area contributed by atoms with Gasteiger partial charge in [-0.1, -0.05) is 19.3 Å². The van der Waals surface area contributed by atoms with Gasteiger partial charge in [0.1, 0.15) is 0 Å². The Hall–Kier alpha value is -2.08. The number of aromatic nitrogens is 2. The van der Waals surface area contributed by atoms with Gasteiger partial charge in [0, 0.05) is 25.3 Å². The van der Waals surface area contributed by atoms with E-state index in [4.69, 9.17) is 4.74 Å². The molecule has 0 radical (unpaired) electrons. The van der Waals surface area contributed by atoms with E-state index in [0.29, 0.717) is 36.9 Å². The number of carbonyl (C=O) groups excluding carboxylic acids is 1. The van der Waals surface area contributed by atoms with E-state index in [1.54, 1.807) is 10.6 Å². The molecule has 0 atom stereocenters.